The number of phosphoric acid groups is 1. The van der Waals surface area contributed by atoms with Crippen molar-refractivity contribution in [3.05, 3.63) is 38.4 Å². The summed E-state index contributed by atoms with van der Waals surface area (Å²) in [6.07, 6.45) is 0. The molecular formula is C9H13N3O12P2. The molecule has 0 saturated carbocycles. The van der Waals surface area contributed by atoms with Crippen LogP contribution in [0.2, 0.25) is 0 Å². The van der Waals surface area contributed by atoms with Crippen LogP contribution >= 0.6 is 15.4 Å². The molecule has 0 aliphatic rings. The van der Waals surface area contributed by atoms with Gasteiger partial charge in [0, 0.05) is 12.6 Å². The number of benzene rings is 1. The zero-order valence-electron chi connectivity index (χ0n) is 12.6. The first-order valence-corrected chi connectivity index (χ1v) is 9.60. The molecule has 0 amide bonds. The summed E-state index contributed by atoms with van der Waals surface area (Å²) in [6, 6.07) is 2.38. The summed E-state index contributed by atoms with van der Waals surface area (Å²) in [5.74, 6) is -0.491. The molecule has 146 valence electrons. The molecule has 0 aromatic heterocycles. The quantitative estimate of drug-likeness (QED) is 0.192. The van der Waals surface area contributed by atoms with Crippen LogP contribution < -0.4 is 10.2 Å². The van der Waals surface area contributed by atoms with Gasteiger partial charge < -0.3 is 24.3 Å². The van der Waals surface area contributed by atoms with Crippen LogP contribution in [0.15, 0.2) is 18.2 Å². The van der Waals surface area contributed by atoms with E-state index in [0.717, 1.165) is 12.1 Å². The first-order chi connectivity index (χ1) is 11.8. The molecule has 1 aromatic rings. The van der Waals surface area contributed by atoms with Crippen molar-refractivity contribution in [1.29, 1.82) is 0 Å². The number of rotatable bonds is 10. The minimum Gasteiger partial charge on any atom is -0.486 e. The smallest absolute Gasteiger partial charge is 0.486 e. The lowest BCUT2D eigenvalue weighted by atomic mass is 10.2. The topological polar surface area (TPSA) is 232 Å². The van der Waals surface area contributed by atoms with E-state index in [1.165, 1.54) is 0 Å². The van der Waals surface area contributed by atoms with Gasteiger partial charge in [0.2, 0.25) is 0 Å². The number of hydroxylamine groups is 1. The molecule has 15 nitrogen and oxygen atoms in total. The van der Waals surface area contributed by atoms with Crippen molar-refractivity contribution >= 4 is 26.8 Å². The molecular weight excluding hydrogens is 404 g/mol. The Labute approximate surface area is 144 Å². The van der Waals surface area contributed by atoms with Gasteiger partial charge in [-0.05, 0) is 6.07 Å². The van der Waals surface area contributed by atoms with Crippen LogP contribution in [0.25, 0.3) is 0 Å². The van der Waals surface area contributed by atoms with E-state index in [1.807, 2.05) is 0 Å². The maximum Gasteiger partial charge on any atom is 0.486 e. The Kier molecular flexibility index (Phi) is 7.32. The highest BCUT2D eigenvalue weighted by molar-refractivity contribution is 7.52. The highest BCUT2D eigenvalue weighted by Crippen LogP contribution is 2.42. The van der Waals surface area contributed by atoms with E-state index >= 15 is 0 Å². The Morgan fingerprint density at radius 1 is 1.12 bits per heavy atom. The third kappa shape index (κ3) is 7.11. The first-order valence-electron chi connectivity index (χ1n) is 6.39. The third-order valence-corrected chi connectivity index (χ3v) is 4.41. The standard InChI is InChI=1S/C9H13N3O12P2/c13-11(14)6-1-2-9(8(3-6)12(15)16)23-5-7(25(17,18)19)4-10-24-26(20,21)22/h1-3,7,10H,4-5H2,(H2,17,18,19)(H2,20,21,22). The molecule has 17 heteroatoms. The van der Waals surface area contributed by atoms with Gasteiger partial charge in [0.25, 0.3) is 5.69 Å². The highest BCUT2D eigenvalue weighted by atomic mass is 31.2. The molecule has 1 rings (SSSR count). The van der Waals surface area contributed by atoms with Crippen LogP contribution in [0.5, 0.6) is 5.75 Å². The van der Waals surface area contributed by atoms with Crippen molar-refractivity contribution in [2.45, 2.75) is 5.66 Å². The van der Waals surface area contributed by atoms with Crippen LogP contribution in [0.3, 0.4) is 0 Å². The average molecular weight is 417 g/mol. The van der Waals surface area contributed by atoms with Crippen molar-refractivity contribution in [2.75, 3.05) is 13.2 Å². The normalized spacial score (nSPS) is 13.2. The summed E-state index contributed by atoms with van der Waals surface area (Å²) in [7, 11) is -9.80. The molecule has 0 spiro atoms. The van der Waals surface area contributed by atoms with Crippen LogP contribution in [-0.4, -0.2) is 48.2 Å². The Morgan fingerprint density at radius 2 is 1.73 bits per heavy atom. The molecule has 0 heterocycles. The van der Waals surface area contributed by atoms with Gasteiger partial charge in [-0.15, -0.1) is 0 Å². The van der Waals surface area contributed by atoms with E-state index in [2.05, 4.69) is 4.62 Å². The molecule has 0 saturated heterocycles. The number of nitrogens with one attached hydrogen (secondary N) is 1. The predicted octanol–water partition coefficient (Wildman–Crippen LogP) is 0.0420. The van der Waals surface area contributed by atoms with Gasteiger partial charge in [-0.1, -0.05) is 0 Å². The van der Waals surface area contributed by atoms with Gasteiger partial charge >= 0.3 is 21.1 Å². The second-order valence-electron chi connectivity index (χ2n) is 4.65. The van der Waals surface area contributed by atoms with Crippen LogP contribution in [0.4, 0.5) is 11.4 Å². The van der Waals surface area contributed by atoms with Gasteiger partial charge in [-0.3, -0.25) is 24.8 Å². The van der Waals surface area contributed by atoms with Gasteiger partial charge in [0.05, 0.1) is 15.9 Å². The van der Waals surface area contributed by atoms with Gasteiger partial charge in [0.15, 0.2) is 5.75 Å². The SMILES string of the molecule is O=[N+]([O-])c1ccc(OCC(CNOP(=O)(O)O)P(=O)(O)O)c([N+](=O)[O-])c1. The lowest BCUT2D eigenvalue weighted by molar-refractivity contribution is -0.394. The van der Waals surface area contributed by atoms with E-state index in [4.69, 9.17) is 14.5 Å². The van der Waals surface area contributed by atoms with E-state index in [-0.39, 0.29) is 0 Å². The second-order valence-corrected chi connectivity index (χ2v) is 7.72. The maximum atomic E-state index is 11.4. The zero-order valence-corrected chi connectivity index (χ0v) is 14.4. The fraction of sp³-hybridized carbons (Fsp3) is 0.333. The minimum atomic E-state index is -4.95. The summed E-state index contributed by atoms with van der Waals surface area (Å²) >= 11 is 0. The summed E-state index contributed by atoms with van der Waals surface area (Å²) < 4.78 is 30.7. The molecule has 0 bridgehead atoms. The van der Waals surface area contributed by atoms with E-state index in [1.54, 1.807) is 5.48 Å². The summed E-state index contributed by atoms with van der Waals surface area (Å²) in [5.41, 5.74) is -1.41. The lowest BCUT2D eigenvalue weighted by Crippen LogP contribution is -2.31. The number of nitrogens with zero attached hydrogens (tertiary/aromatic N) is 2. The molecule has 5 N–H and O–H groups in total. The molecule has 1 atom stereocenters. The molecule has 0 aliphatic heterocycles. The number of ether oxygens (including phenoxy) is 1. The summed E-state index contributed by atoms with van der Waals surface area (Å²) in [6.45, 7) is -1.59. The van der Waals surface area contributed by atoms with Crippen molar-refractivity contribution in [3.63, 3.8) is 0 Å². The van der Waals surface area contributed by atoms with Crippen molar-refractivity contribution in [1.82, 2.24) is 5.48 Å². The van der Waals surface area contributed by atoms with Crippen LogP contribution in [-0.2, 0) is 13.8 Å². The van der Waals surface area contributed by atoms with Gasteiger partial charge in [-0.2, -0.15) is 10.1 Å². The average Bonchev–Trinajstić information content (AvgIpc) is 2.47. The van der Waals surface area contributed by atoms with Crippen molar-refractivity contribution < 1.29 is 47.9 Å². The first kappa shape index (κ1) is 22.1. The Morgan fingerprint density at radius 3 is 2.19 bits per heavy atom. The molecule has 0 fully saturated rings. The fourth-order valence-electron chi connectivity index (χ4n) is 1.56. The van der Waals surface area contributed by atoms with Gasteiger partial charge in [-0.25, -0.2) is 4.57 Å². The minimum absolute atomic E-state index is 0.491. The number of hydrogen-bond acceptors (Lipinski definition) is 9. The number of nitro groups is 2. The maximum absolute atomic E-state index is 11.4. The highest BCUT2D eigenvalue weighted by Gasteiger charge is 2.31. The second kappa shape index (κ2) is 8.62. The fourth-order valence-corrected chi connectivity index (χ4v) is 2.39. The number of non-ortho nitro benzene ring substituents is 1. The molecule has 26 heavy (non-hydrogen) atoms. The molecule has 1 aromatic carbocycles. The van der Waals surface area contributed by atoms with E-state index < -0.39 is 61.2 Å². The van der Waals surface area contributed by atoms with Gasteiger partial charge in [0.1, 0.15) is 12.3 Å². The lowest BCUT2D eigenvalue weighted by Gasteiger charge is -2.19. The predicted molar refractivity (Wildman–Crippen MR) is 82.2 cm³/mol. The third-order valence-electron chi connectivity index (χ3n) is 2.76. The van der Waals surface area contributed by atoms with Crippen molar-refractivity contribution in [2.24, 2.45) is 0 Å². The molecule has 0 radical (unpaired) electrons. The Bertz CT molecular complexity index is 773. The monoisotopic (exact) mass is 417 g/mol. The number of hydrogen-bond donors (Lipinski definition) is 5. The van der Waals surface area contributed by atoms with E-state index in [9.17, 15) is 39.1 Å². The summed E-state index contributed by atoms with van der Waals surface area (Å²) in [5, 5.41) is 21.6. The molecule has 0 aliphatic carbocycles. The molecule has 1 unspecified atom stereocenters. The van der Waals surface area contributed by atoms with Crippen LogP contribution in [0.1, 0.15) is 0 Å². The van der Waals surface area contributed by atoms with E-state index in [0.29, 0.717) is 6.07 Å². The zero-order chi connectivity index (χ0) is 20.1. The Balaban J connectivity index is 2.91. The number of nitro benzene ring substituents is 2. The largest absolute Gasteiger partial charge is 0.486 e. The van der Waals surface area contributed by atoms with Crippen molar-refractivity contribution in [3.8, 4) is 5.75 Å². The summed E-state index contributed by atoms with van der Waals surface area (Å²) in [4.78, 5) is 55.1. The Hall–Kier alpha value is -1.96. The van der Waals surface area contributed by atoms with Crippen LogP contribution in [0, 0.1) is 20.2 Å².